The molecule has 0 bridgehead atoms. The first-order valence-electron chi connectivity index (χ1n) is 9.75. The molecule has 7 heteroatoms. The molecular weight excluding hydrogens is 366 g/mol. The van der Waals surface area contributed by atoms with Crippen LogP contribution < -0.4 is 10.5 Å². The van der Waals surface area contributed by atoms with Crippen LogP contribution in [0.5, 0.6) is 0 Å². The number of carbonyl (C=O) groups is 1. The van der Waals surface area contributed by atoms with E-state index in [4.69, 9.17) is 0 Å². The average Bonchev–Trinajstić information content (AvgIpc) is 3.28. The highest BCUT2D eigenvalue weighted by molar-refractivity contribution is 5.80. The Morgan fingerprint density at radius 2 is 1.66 bits per heavy atom. The Bertz CT molecular complexity index is 1240. The molecule has 4 aromatic rings. The van der Waals surface area contributed by atoms with Gasteiger partial charge >= 0.3 is 0 Å². The molecule has 3 aromatic heterocycles. The van der Waals surface area contributed by atoms with Gasteiger partial charge in [0, 0.05) is 44.3 Å². The van der Waals surface area contributed by atoms with Crippen LogP contribution in [0.1, 0.15) is 0 Å². The summed E-state index contributed by atoms with van der Waals surface area (Å²) in [5.74, 6) is -0.0531. The van der Waals surface area contributed by atoms with Crippen LogP contribution in [0, 0.1) is 0 Å². The fraction of sp³-hybridized carbons (Fsp3) is 0.227. The number of amides is 1. The van der Waals surface area contributed by atoms with Crippen LogP contribution in [0.2, 0.25) is 0 Å². The average molecular weight is 387 g/mol. The molecule has 1 aliphatic heterocycles. The zero-order chi connectivity index (χ0) is 19.8. The molecule has 0 unspecified atom stereocenters. The van der Waals surface area contributed by atoms with Gasteiger partial charge in [-0.2, -0.15) is 0 Å². The maximum Gasteiger partial charge on any atom is 0.276 e. The topological polar surface area (TPSA) is 62.9 Å². The molecule has 0 atom stereocenters. The minimum absolute atomic E-state index is 0.000631. The van der Waals surface area contributed by atoms with E-state index in [2.05, 4.69) is 22.0 Å². The summed E-state index contributed by atoms with van der Waals surface area (Å²) in [5, 5.41) is 0. The number of para-hydroxylation sites is 1. The van der Waals surface area contributed by atoms with Crippen molar-refractivity contribution < 1.29 is 4.79 Å². The van der Waals surface area contributed by atoms with E-state index in [-0.39, 0.29) is 18.0 Å². The Morgan fingerprint density at radius 1 is 0.897 bits per heavy atom. The molecule has 1 amide bonds. The maximum absolute atomic E-state index is 13.0. The van der Waals surface area contributed by atoms with Gasteiger partial charge in [-0.3, -0.25) is 14.2 Å². The second kappa shape index (κ2) is 7.09. The minimum atomic E-state index is -0.197. The third kappa shape index (κ3) is 3.04. The van der Waals surface area contributed by atoms with Crippen molar-refractivity contribution in [2.45, 2.75) is 6.54 Å². The van der Waals surface area contributed by atoms with E-state index in [1.807, 2.05) is 51.9 Å². The smallest absolute Gasteiger partial charge is 0.276 e. The van der Waals surface area contributed by atoms with Gasteiger partial charge in [0.15, 0.2) is 5.65 Å². The summed E-state index contributed by atoms with van der Waals surface area (Å²) in [7, 11) is 0. The SMILES string of the molecule is O=C(Cn1c(=O)c2cccn2c2cccnc21)N1CCN(c2ccccc2)CC1. The van der Waals surface area contributed by atoms with E-state index in [0.717, 1.165) is 18.6 Å². The molecule has 0 spiro atoms. The highest BCUT2D eigenvalue weighted by Gasteiger charge is 2.23. The van der Waals surface area contributed by atoms with E-state index in [0.29, 0.717) is 24.3 Å². The first-order valence-corrected chi connectivity index (χ1v) is 9.75. The maximum atomic E-state index is 13.0. The number of piperazine rings is 1. The van der Waals surface area contributed by atoms with Crippen LogP contribution in [0.4, 0.5) is 5.69 Å². The third-order valence-electron chi connectivity index (χ3n) is 5.54. The summed E-state index contributed by atoms with van der Waals surface area (Å²) in [6.45, 7) is 2.84. The van der Waals surface area contributed by atoms with E-state index in [1.165, 1.54) is 10.3 Å². The predicted molar refractivity (Wildman–Crippen MR) is 112 cm³/mol. The highest BCUT2D eigenvalue weighted by atomic mass is 16.2. The molecule has 1 saturated heterocycles. The van der Waals surface area contributed by atoms with Crippen LogP contribution in [0.3, 0.4) is 0 Å². The standard InChI is InChI=1S/C22H21N5O2/c28-20(25-14-12-24(13-15-25)17-6-2-1-3-7-17)16-27-21-18(8-4-10-23-21)26-11-5-9-19(26)22(27)29/h1-11H,12-16H2. The van der Waals surface area contributed by atoms with Crippen LogP contribution >= 0.6 is 0 Å². The van der Waals surface area contributed by atoms with Gasteiger partial charge in [-0.25, -0.2) is 4.98 Å². The first kappa shape index (κ1) is 17.5. The molecule has 0 N–H and O–H groups in total. The van der Waals surface area contributed by atoms with Crippen LogP contribution in [0.25, 0.3) is 16.7 Å². The Hall–Kier alpha value is -3.61. The number of rotatable bonds is 3. The fourth-order valence-electron chi connectivity index (χ4n) is 4.02. The molecular formula is C22H21N5O2. The zero-order valence-electron chi connectivity index (χ0n) is 15.9. The quantitative estimate of drug-likeness (QED) is 0.539. The van der Waals surface area contributed by atoms with E-state index < -0.39 is 0 Å². The van der Waals surface area contributed by atoms with E-state index in [9.17, 15) is 9.59 Å². The molecule has 1 aromatic carbocycles. The summed E-state index contributed by atoms with van der Waals surface area (Å²) in [5.41, 5.74) is 2.86. The van der Waals surface area contributed by atoms with E-state index >= 15 is 0 Å². The predicted octanol–water partition coefficient (Wildman–Crippen LogP) is 2.00. The van der Waals surface area contributed by atoms with Crippen molar-refractivity contribution in [3.8, 4) is 0 Å². The summed E-state index contributed by atoms with van der Waals surface area (Å²) in [6.07, 6.45) is 3.49. The monoisotopic (exact) mass is 387 g/mol. The lowest BCUT2D eigenvalue weighted by molar-refractivity contribution is -0.132. The Balaban J connectivity index is 1.39. The van der Waals surface area contributed by atoms with Crippen molar-refractivity contribution in [3.05, 3.63) is 77.3 Å². The molecule has 0 radical (unpaired) electrons. The summed E-state index contributed by atoms with van der Waals surface area (Å²) in [4.78, 5) is 34.5. The van der Waals surface area contributed by atoms with Crippen LogP contribution in [-0.4, -0.2) is 50.9 Å². The lowest BCUT2D eigenvalue weighted by Crippen LogP contribution is -2.50. The van der Waals surface area contributed by atoms with Crippen molar-refractivity contribution >= 4 is 28.3 Å². The molecule has 1 fully saturated rings. The number of hydrogen-bond acceptors (Lipinski definition) is 4. The van der Waals surface area contributed by atoms with Gasteiger partial charge in [0.05, 0.1) is 5.52 Å². The summed E-state index contributed by atoms with van der Waals surface area (Å²) >= 11 is 0. The second-order valence-electron chi connectivity index (χ2n) is 7.20. The lowest BCUT2D eigenvalue weighted by atomic mass is 10.2. The number of carbonyl (C=O) groups excluding carboxylic acids is 1. The molecule has 1 aliphatic rings. The number of nitrogens with zero attached hydrogens (tertiary/aromatic N) is 5. The van der Waals surface area contributed by atoms with Gasteiger partial charge in [0.25, 0.3) is 5.56 Å². The fourth-order valence-corrected chi connectivity index (χ4v) is 4.02. The Morgan fingerprint density at radius 3 is 2.45 bits per heavy atom. The van der Waals surface area contributed by atoms with Crippen molar-refractivity contribution in [2.75, 3.05) is 31.1 Å². The number of benzene rings is 1. The Labute approximate surface area is 167 Å². The zero-order valence-corrected chi connectivity index (χ0v) is 15.9. The van der Waals surface area contributed by atoms with Gasteiger partial charge in [-0.15, -0.1) is 0 Å². The minimum Gasteiger partial charge on any atom is -0.368 e. The van der Waals surface area contributed by atoms with Crippen molar-refractivity contribution in [1.29, 1.82) is 0 Å². The van der Waals surface area contributed by atoms with Crippen molar-refractivity contribution in [1.82, 2.24) is 18.9 Å². The number of anilines is 1. The molecule has 0 saturated carbocycles. The number of pyridine rings is 1. The van der Waals surface area contributed by atoms with Gasteiger partial charge in [-0.1, -0.05) is 18.2 Å². The number of fused-ring (bicyclic) bond motifs is 3. The lowest BCUT2D eigenvalue weighted by Gasteiger charge is -2.36. The largest absolute Gasteiger partial charge is 0.368 e. The number of hydrogen-bond donors (Lipinski definition) is 0. The summed E-state index contributed by atoms with van der Waals surface area (Å²) < 4.78 is 3.32. The van der Waals surface area contributed by atoms with E-state index in [1.54, 1.807) is 12.3 Å². The first-order chi connectivity index (χ1) is 14.2. The molecule has 0 aliphatic carbocycles. The summed E-state index contributed by atoms with van der Waals surface area (Å²) in [6, 6.07) is 17.6. The highest BCUT2D eigenvalue weighted by Crippen LogP contribution is 2.17. The van der Waals surface area contributed by atoms with Crippen molar-refractivity contribution in [3.63, 3.8) is 0 Å². The van der Waals surface area contributed by atoms with Crippen LogP contribution in [-0.2, 0) is 11.3 Å². The van der Waals surface area contributed by atoms with Gasteiger partial charge in [0.2, 0.25) is 5.91 Å². The normalized spacial score (nSPS) is 14.6. The third-order valence-corrected chi connectivity index (χ3v) is 5.54. The number of aromatic nitrogens is 3. The van der Waals surface area contributed by atoms with Gasteiger partial charge in [-0.05, 0) is 36.4 Å². The molecule has 7 nitrogen and oxygen atoms in total. The van der Waals surface area contributed by atoms with Crippen molar-refractivity contribution in [2.24, 2.45) is 0 Å². The molecule has 29 heavy (non-hydrogen) atoms. The molecule has 4 heterocycles. The Kier molecular flexibility index (Phi) is 4.27. The second-order valence-corrected chi connectivity index (χ2v) is 7.20. The molecule has 5 rings (SSSR count). The van der Waals surface area contributed by atoms with Gasteiger partial charge < -0.3 is 14.2 Å². The molecule has 146 valence electrons. The van der Waals surface area contributed by atoms with Gasteiger partial charge in [0.1, 0.15) is 12.1 Å². The van der Waals surface area contributed by atoms with Crippen LogP contribution in [0.15, 0.2) is 71.8 Å².